The molecule has 166 valence electrons. The van der Waals surface area contributed by atoms with Crippen LogP contribution in [0.3, 0.4) is 0 Å². The second-order valence-corrected chi connectivity index (χ2v) is 9.14. The van der Waals surface area contributed by atoms with Crippen LogP contribution in [0.2, 0.25) is 0 Å². The summed E-state index contributed by atoms with van der Waals surface area (Å²) in [5, 5.41) is 14.2. The van der Waals surface area contributed by atoms with Crippen LogP contribution in [0.4, 0.5) is 0 Å². The van der Waals surface area contributed by atoms with Crippen LogP contribution in [0.25, 0.3) is 0 Å². The summed E-state index contributed by atoms with van der Waals surface area (Å²) in [5.41, 5.74) is 1.80. The summed E-state index contributed by atoms with van der Waals surface area (Å²) in [5.74, 6) is 1.10. The fourth-order valence-corrected chi connectivity index (χ4v) is 4.47. The van der Waals surface area contributed by atoms with Gasteiger partial charge in [0, 0.05) is 29.9 Å². The highest BCUT2D eigenvalue weighted by atomic mass is 79.9. The molecule has 0 spiro atoms. The molecule has 1 amide bonds. The largest absolute Gasteiger partial charge is 0.486 e. The number of likely N-dealkylation sites (tertiary alicyclic amines) is 1. The molecule has 2 heterocycles. The lowest BCUT2D eigenvalue weighted by Crippen LogP contribution is -2.34. The fourth-order valence-electron chi connectivity index (χ4n) is 4.20. The van der Waals surface area contributed by atoms with Crippen LogP contribution in [0.1, 0.15) is 36.5 Å². The van der Waals surface area contributed by atoms with Crippen molar-refractivity contribution in [2.75, 3.05) is 32.8 Å². The van der Waals surface area contributed by atoms with E-state index in [0.717, 1.165) is 28.7 Å². The quantitative estimate of drug-likeness (QED) is 0.592. The summed E-state index contributed by atoms with van der Waals surface area (Å²) in [6.45, 7) is 4.24. The van der Waals surface area contributed by atoms with E-state index in [1.54, 1.807) is 0 Å². The van der Waals surface area contributed by atoms with Crippen LogP contribution >= 0.6 is 15.9 Å². The number of fused-ring (bicyclic) bond motifs is 1. The van der Waals surface area contributed by atoms with E-state index in [2.05, 4.69) is 26.1 Å². The predicted molar refractivity (Wildman–Crippen MR) is 122 cm³/mol. The van der Waals surface area contributed by atoms with Gasteiger partial charge in [0.2, 0.25) is 5.91 Å². The lowest BCUT2D eigenvalue weighted by atomic mass is 9.91. The molecule has 2 aliphatic rings. The van der Waals surface area contributed by atoms with Gasteiger partial charge in [-0.1, -0.05) is 34.1 Å². The number of hydrogen-bond donors (Lipinski definition) is 2. The van der Waals surface area contributed by atoms with Gasteiger partial charge >= 0.3 is 0 Å². The molecule has 1 saturated heterocycles. The van der Waals surface area contributed by atoms with E-state index < -0.39 is 6.10 Å². The molecule has 7 heteroatoms. The number of hydrogen-bond acceptors (Lipinski definition) is 5. The highest BCUT2D eigenvalue weighted by molar-refractivity contribution is 9.10. The lowest BCUT2D eigenvalue weighted by Gasteiger charge is -2.28. The van der Waals surface area contributed by atoms with Gasteiger partial charge in [0.1, 0.15) is 13.2 Å². The van der Waals surface area contributed by atoms with Crippen molar-refractivity contribution in [3.8, 4) is 11.5 Å². The second kappa shape index (κ2) is 10.5. The van der Waals surface area contributed by atoms with Crippen molar-refractivity contribution >= 4 is 21.8 Å². The number of aliphatic hydroxyl groups excluding tert-OH is 1. The first-order valence-electron chi connectivity index (χ1n) is 10.9. The predicted octanol–water partition coefficient (Wildman–Crippen LogP) is 3.67. The maximum absolute atomic E-state index is 12.7. The third-order valence-electron chi connectivity index (χ3n) is 5.90. The third-order valence-corrected chi connectivity index (χ3v) is 6.42. The molecule has 0 radical (unpaired) electrons. The van der Waals surface area contributed by atoms with Gasteiger partial charge in [0.05, 0.1) is 6.10 Å². The minimum atomic E-state index is -0.755. The van der Waals surface area contributed by atoms with Crippen molar-refractivity contribution in [1.82, 2.24) is 10.2 Å². The molecule has 0 aliphatic carbocycles. The Labute approximate surface area is 191 Å². The standard InChI is InChI=1S/C24H29BrN2O4/c25-20-6-3-17(4-7-20)15-26-23(28)14-19(16-27-9-1-2-10-27)24(29)18-5-8-21-22(13-18)31-12-11-30-21/h3-8,13,19,24,29H,1-2,9-12,14-16H2,(H,26,28)/t19-,24-/m1/s1. The number of aliphatic hydroxyl groups is 1. The Balaban J connectivity index is 1.42. The van der Waals surface area contributed by atoms with Crippen molar-refractivity contribution < 1.29 is 19.4 Å². The number of halogens is 1. The zero-order valence-electron chi connectivity index (χ0n) is 17.6. The van der Waals surface area contributed by atoms with Crippen LogP contribution in [0.15, 0.2) is 46.9 Å². The van der Waals surface area contributed by atoms with Crippen molar-refractivity contribution in [3.63, 3.8) is 0 Å². The normalized spacial score (nSPS) is 17.9. The first kappa shape index (κ1) is 22.1. The highest BCUT2D eigenvalue weighted by Gasteiger charge is 2.28. The summed E-state index contributed by atoms with van der Waals surface area (Å²) in [6, 6.07) is 13.4. The van der Waals surface area contributed by atoms with E-state index >= 15 is 0 Å². The average molecular weight is 489 g/mol. The van der Waals surface area contributed by atoms with E-state index in [-0.39, 0.29) is 18.2 Å². The number of carbonyl (C=O) groups is 1. The van der Waals surface area contributed by atoms with Gasteiger partial charge in [0.15, 0.2) is 11.5 Å². The average Bonchev–Trinajstić information content (AvgIpc) is 3.30. The maximum Gasteiger partial charge on any atom is 0.220 e. The first-order chi connectivity index (χ1) is 15.1. The zero-order chi connectivity index (χ0) is 21.6. The Morgan fingerprint density at radius 2 is 1.77 bits per heavy atom. The number of nitrogens with zero attached hydrogens (tertiary/aromatic N) is 1. The van der Waals surface area contributed by atoms with Crippen LogP contribution < -0.4 is 14.8 Å². The van der Waals surface area contributed by atoms with Crippen LogP contribution in [-0.4, -0.2) is 48.8 Å². The van der Waals surface area contributed by atoms with Crippen molar-refractivity contribution in [2.45, 2.75) is 31.9 Å². The SMILES string of the molecule is O=C(C[C@H](CN1CCCC1)[C@H](O)c1ccc2c(c1)OCCO2)NCc1ccc(Br)cc1. The maximum atomic E-state index is 12.7. The van der Waals surface area contributed by atoms with Crippen LogP contribution in [-0.2, 0) is 11.3 Å². The Kier molecular flexibility index (Phi) is 7.48. The molecule has 0 unspecified atom stereocenters. The molecule has 1 fully saturated rings. The molecule has 0 aromatic heterocycles. The minimum absolute atomic E-state index is 0.0521. The van der Waals surface area contributed by atoms with Crippen molar-refractivity contribution in [2.24, 2.45) is 5.92 Å². The molecule has 2 atom stereocenters. The fraction of sp³-hybridized carbons (Fsp3) is 0.458. The van der Waals surface area contributed by atoms with Gasteiger partial charge in [0.25, 0.3) is 0 Å². The van der Waals surface area contributed by atoms with Crippen LogP contribution in [0, 0.1) is 5.92 Å². The summed E-state index contributed by atoms with van der Waals surface area (Å²) in [6.07, 6.45) is 1.85. The second-order valence-electron chi connectivity index (χ2n) is 8.22. The molecule has 2 aromatic rings. The number of rotatable bonds is 8. The number of nitrogens with one attached hydrogen (secondary N) is 1. The van der Waals surface area contributed by atoms with Gasteiger partial charge in [-0.2, -0.15) is 0 Å². The molecular weight excluding hydrogens is 460 g/mol. The smallest absolute Gasteiger partial charge is 0.220 e. The zero-order valence-corrected chi connectivity index (χ0v) is 19.1. The molecule has 4 rings (SSSR count). The molecule has 2 aromatic carbocycles. The van der Waals surface area contributed by atoms with E-state index in [4.69, 9.17) is 9.47 Å². The first-order valence-corrected chi connectivity index (χ1v) is 11.7. The Morgan fingerprint density at radius 1 is 1.06 bits per heavy atom. The van der Waals surface area contributed by atoms with E-state index in [9.17, 15) is 9.90 Å². The third kappa shape index (κ3) is 5.99. The summed E-state index contributed by atoms with van der Waals surface area (Å²) >= 11 is 3.42. The topological polar surface area (TPSA) is 71.0 Å². The number of carbonyl (C=O) groups excluding carboxylic acids is 1. The minimum Gasteiger partial charge on any atom is -0.486 e. The van der Waals surface area contributed by atoms with Crippen molar-refractivity contribution in [3.05, 3.63) is 58.1 Å². The number of ether oxygens (including phenoxy) is 2. The van der Waals surface area contributed by atoms with Crippen LogP contribution in [0.5, 0.6) is 11.5 Å². The Morgan fingerprint density at radius 3 is 2.52 bits per heavy atom. The molecule has 6 nitrogen and oxygen atoms in total. The number of benzene rings is 2. The lowest BCUT2D eigenvalue weighted by molar-refractivity contribution is -0.123. The van der Waals surface area contributed by atoms with E-state index in [0.29, 0.717) is 37.8 Å². The molecule has 31 heavy (non-hydrogen) atoms. The van der Waals surface area contributed by atoms with Gasteiger partial charge in [-0.3, -0.25) is 4.79 Å². The Bertz CT molecular complexity index is 884. The Hall–Kier alpha value is -2.09. The van der Waals surface area contributed by atoms with Gasteiger partial charge in [-0.25, -0.2) is 0 Å². The summed E-state index contributed by atoms with van der Waals surface area (Å²) < 4.78 is 12.3. The van der Waals surface area contributed by atoms with Gasteiger partial charge in [-0.05, 0) is 61.3 Å². The van der Waals surface area contributed by atoms with Crippen molar-refractivity contribution in [1.29, 1.82) is 0 Å². The molecule has 2 N–H and O–H groups in total. The van der Waals surface area contributed by atoms with E-state index in [1.165, 1.54) is 12.8 Å². The molecule has 2 aliphatic heterocycles. The molecular formula is C24H29BrN2O4. The van der Waals surface area contributed by atoms with Gasteiger partial charge in [-0.15, -0.1) is 0 Å². The monoisotopic (exact) mass is 488 g/mol. The summed E-state index contributed by atoms with van der Waals surface area (Å²) in [7, 11) is 0. The highest BCUT2D eigenvalue weighted by Crippen LogP contribution is 2.35. The summed E-state index contributed by atoms with van der Waals surface area (Å²) in [4.78, 5) is 15.1. The number of amides is 1. The molecule has 0 bridgehead atoms. The molecule has 0 saturated carbocycles. The van der Waals surface area contributed by atoms with E-state index in [1.807, 2.05) is 42.5 Å². The van der Waals surface area contributed by atoms with Gasteiger partial charge < -0.3 is 24.8 Å².